The van der Waals surface area contributed by atoms with Gasteiger partial charge in [0.05, 0.1) is 18.0 Å². The molecule has 2 heterocycles. The molecule has 21 heavy (non-hydrogen) atoms. The first-order valence-electron chi connectivity index (χ1n) is 6.77. The van der Waals surface area contributed by atoms with E-state index in [9.17, 15) is 8.42 Å². The molecule has 1 aromatic carbocycles. The quantitative estimate of drug-likeness (QED) is 0.899. The molecule has 1 aliphatic heterocycles. The molecule has 3 rings (SSSR count). The van der Waals surface area contributed by atoms with E-state index in [2.05, 4.69) is 19.8 Å². The molecule has 0 amide bonds. The molecule has 1 saturated heterocycles. The highest BCUT2D eigenvalue weighted by atomic mass is 35.5. The molecule has 114 valence electrons. The monoisotopic (exact) mass is 328 g/mol. The average Bonchev–Trinajstić information content (AvgIpc) is 2.85. The third-order valence-electron chi connectivity index (χ3n) is 3.72. The number of rotatable bonds is 3. The second-order valence-electron chi connectivity index (χ2n) is 5.41. The van der Waals surface area contributed by atoms with Crippen LogP contribution in [0.15, 0.2) is 18.3 Å². The van der Waals surface area contributed by atoms with Crippen molar-refractivity contribution in [3.63, 3.8) is 0 Å². The summed E-state index contributed by atoms with van der Waals surface area (Å²) in [6, 6.07) is 3.80. The Morgan fingerprint density at radius 2 is 2.10 bits per heavy atom. The van der Waals surface area contributed by atoms with Crippen molar-refractivity contribution in [2.24, 2.45) is 0 Å². The lowest BCUT2D eigenvalue weighted by Gasteiger charge is -2.34. The molecule has 6 nitrogen and oxygen atoms in total. The summed E-state index contributed by atoms with van der Waals surface area (Å²) < 4.78 is 25.2. The number of anilines is 1. The highest BCUT2D eigenvalue weighted by molar-refractivity contribution is 7.88. The van der Waals surface area contributed by atoms with Gasteiger partial charge in [-0.3, -0.25) is 5.10 Å². The number of sulfonamides is 1. The SMILES string of the molecule is CS(=O)(=O)NC1CCN(c2cc(Cl)cc3[nH]ncc23)CC1. The minimum absolute atomic E-state index is 0.00951. The standard InChI is InChI=1S/C13H17ClN4O2S/c1-21(19,20)17-10-2-4-18(5-3-10)13-7-9(14)6-12-11(13)8-15-16-12/h6-8,10,17H,2-5H2,1H3,(H,15,16). The van der Waals surface area contributed by atoms with Crippen LogP contribution in [0.4, 0.5) is 5.69 Å². The van der Waals surface area contributed by atoms with Crippen LogP contribution in [0.2, 0.25) is 5.02 Å². The number of benzene rings is 1. The molecule has 0 aliphatic carbocycles. The number of nitrogens with zero attached hydrogens (tertiary/aromatic N) is 2. The zero-order chi connectivity index (χ0) is 15.0. The molecule has 0 spiro atoms. The van der Waals surface area contributed by atoms with Crippen molar-refractivity contribution < 1.29 is 8.42 Å². The van der Waals surface area contributed by atoms with E-state index in [1.54, 1.807) is 6.20 Å². The predicted molar refractivity (Wildman–Crippen MR) is 84.3 cm³/mol. The minimum Gasteiger partial charge on any atom is -0.371 e. The number of hydrogen-bond donors (Lipinski definition) is 2. The van der Waals surface area contributed by atoms with Crippen molar-refractivity contribution in [2.75, 3.05) is 24.2 Å². The number of aromatic amines is 1. The fourth-order valence-electron chi connectivity index (χ4n) is 2.80. The lowest BCUT2D eigenvalue weighted by Crippen LogP contribution is -2.44. The Morgan fingerprint density at radius 1 is 1.38 bits per heavy atom. The number of H-pyrrole nitrogens is 1. The predicted octanol–water partition coefficient (Wildman–Crippen LogP) is 1.73. The van der Waals surface area contributed by atoms with Gasteiger partial charge in [-0.15, -0.1) is 0 Å². The molecule has 0 bridgehead atoms. The Morgan fingerprint density at radius 3 is 2.76 bits per heavy atom. The van der Waals surface area contributed by atoms with Gasteiger partial charge in [-0.1, -0.05) is 11.6 Å². The van der Waals surface area contributed by atoms with Gasteiger partial charge in [0.15, 0.2) is 0 Å². The Labute approximate surface area is 128 Å². The van der Waals surface area contributed by atoms with Gasteiger partial charge in [-0.2, -0.15) is 5.10 Å². The number of piperidine rings is 1. The van der Waals surface area contributed by atoms with Gasteiger partial charge < -0.3 is 4.90 Å². The molecule has 0 atom stereocenters. The van der Waals surface area contributed by atoms with Crippen molar-refractivity contribution in [3.05, 3.63) is 23.4 Å². The van der Waals surface area contributed by atoms with Gasteiger partial charge in [0, 0.05) is 35.2 Å². The zero-order valence-electron chi connectivity index (χ0n) is 11.6. The van der Waals surface area contributed by atoms with E-state index in [4.69, 9.17) is 11.6 Å². The van der Waals surface area contributed by atoms with Gasteiger partial charge in [0.25, 0.3) is 0 Å². The Balaban J connectivity index is 1.78. The normalized spacial score (nSPS) is 17.5. The first kappa shape index (κ1) is 14.6. The summed E-state index contributed by atoms with van der Waals surface area (Å²) in [6.07, 6.45) is 4.55. The fraction of sp³-hybridized carbons (Fsp3) is 0.462. The first-order chi connectivity index (χ1) is 9.92. The van der Waals surface area contributed by atoms with E-state index in [1.807, 2.05) is 12.1 Å². The molecule has 2 aromatic rings. The van der Waals surface area contributed by atoms with Crippen molar-refractivity contribution in [1.82, 2.24) is 14.9 Å². The van der Waals surface area contributed by atoms with Crippen LogP contribution in [0.5, 0.6) is 0 Å². The van der Waals surface area contributed by atoms with Gasteiger partial charge in [-0.25, -0.2) is 13.1 Å². The summed E-state index contributed by atoms with van der Waals surface area (Å²) in [5, 5.41) is 8.69. The van der Waals surface area contributed by atoms with E-state index < -0.39 is 10.0 Å². The maximum absolute atomic E-state index is 11.3. The fourth-order valence-corrected chi connectivity index (χ4v) is 3.85. The molecular weight excluding hydrogens is 312 g/mol. The third-order valence-corrected chi connectivity index (χ3v) is 4.70. The highest BCUT2D eigenvalue weighted by Crippen LogP contribution is 2.31. The maximum atomic E-state index is 11.3. The van der Waals surface area contributed by atoms with Crippen molar-refractivity contribution in [1.29, 1.82) is 0 Å². The van der Waals surface area contributed by atoms with Crippen LogP contribution in [0, 0.1) is 0 Å². The molecule has 1 aromatic heterocycles. The zero-order valence-corrected chi connectivity index (χ0v) is 13.2. The number of hydrogen-bond acceptors (Lipinski definition) is 4. The molecule has 1 aliphatic rings. The number of halogens is 1. The smallest absolute Gasteiger partial charge is 0.208 e. The second-order valence-corrected chi connectivity index (χ2v) is 7.62. The molecule has 1 fully saturated rings. The van der Waals surface area contributed by atoms with E-state index in [0.29, 0.717) is 5.02 Å². The lowest BCUT2D eigenvalue weighted by atomic mass is 10.0. The summed E-state index contributed by atoms with van der Waals surface area (Å²) in [5.41, 5.74) is 1.96. The van der Waals surface area contributed by atoms with E-state index in [-0.39, 0.29) is 6.04 Å². The minimum atomic E-state index is -3.14. The maximum Gasteiger partial charge on any atom is 0.208 e. The van der Waals surface area contributed by atoms with Crippen LogP contribution >= 0.6 is 11.6 Å². The molecule has 0 unspecified atom stereocenters. The Kier molecular flexibility index (Phi) is 3.81. The van der Waals surface area contributed by atoms with Gasteiger partial charge in [0.2, 0.25) is 10.0 Å². The average molecular weight is 329 g/mol. The van der Waals surface area contributed by atoms with Gasteiger partial charge in [0.1, 0.15) is 0 Å². The lowest BCUT2D eigenvalue weighted by molar-refractivity contribution is 0.462. The second kappa shape index (κ2) is 5.47. The topological polar surface area (TPSA) is 78.1 Å². The first-order valence-corrected chi connectivity index (χ1v) is 9.04. The van der Waals surface area contributed by atoms with Gasteiger partial charge >= 0.3 is 0 Å². The summed E-state index contributed by atoms with van der Waals surface area (Å²) in [5.74, 6) is 0. The number of nitrogens with one attached hydrogen (secondary N) is 2. The van der Waals surface area contributed by atoms with Crippen molar-refractivity contribution in [2.45, 2.75) is 18.9 Å². The Bertz CT molecular complexity index is 751. The Hall–Kier alpha value is -1.31. The molecule has 8 heteroatoms. The van der Waals surface area contributed by atoms with Gasteiger partial charge in [-0.05, 0) is 25.0 Å². The molecule has 0 saturated carbocycles. The number of fused-ring (bicyclic) bond motifs is 1. The van der Waals surface area contributed by atoms with E-state index in [1.165, 1.54) is 6.26 Å². The van der Waals surface area contributed by atoms with Crippen molar-refractivity contribution in [3.8, 4) is 0 Å². The van der Waals surface area contributed by atoms with E-state index in [0.717, 1.165) is 42.5 Å². The number of aromatic nitrogens is 2. The third kappa shape index (κ3) is 3.30. The highest BCUT2D eigenvalue weighted by Gasteiger charge is 2.23. The van der Waals surface area contributed by atoms with Crippen LogP contribution in [-0.2, 0) is 10.0 Å². The molecule has 2 N–H and O–H groups in total. The van der Waals surface area contributed by atoms with Crippen LogP contribution in [0.25, 0.3) is 10.9 Å². The summed E-state index contributed by atoms with van der Waals surface area (Å²) in [7, 11) is -3.14. The van der Waals surface area contributed by atoms with Crippen LogP contribution < -0.4 is 9.62 Å². The molecular formula is C13H17ClN4O2S. The van der Waals surface area contributed by atoms with Crippen molar-refractivity contribution >= 4 is 38.2 Å². The van der Waals surface area contributed by atoms with Crippen LogP contribution in [-0.4, -0.2) is 44.0 Å². The summed E-state index contributed by atoms with van der Waals surface area (Å²) in [6.45, 7) is 1.57. The van der Waals surface area contributed by atoms with Crippen LogP contribution in [0.1, 0.15) is 12.8 Å². The summed E-state index contributed by atoms with van der Waals surface area (Å²) >= 11 is 6.15. The largest absolute Gasteiger partial charge is 0.371 e. The molecule has 0 radical (unpaired) electrons. The van der Waals surface area contributed by atoms with E-state index >= 15 is 0 Å². The summed E-state index contributed by atoms with van der Waals surface area (Å²) in [4.78, 5) is 2.23. The van der Waals surface area contributed by atoms with Crippen LogP contribution in [0.3, 0.4) is 0 Å².